The van der Waals surface area contributed by atoms with Crippen molar-refractivity contribution in [1.29, 1.82) is 0 Å². The molecule has 1 rings (SSSR count). The van der Waals surface area contributed by atoms with Crippen LogP contribution in [0.2, 0.25) is 0 Å². The first kappa shape index (κ1) is 16.4. The van der Waals surface area contributed by atoms with E-state index in [4.69, 9.17) is 5.11 Å². The van der Waals surface area contributed by atoms with Crippen molar-refractivity contribution in [2.75, 3.05) is 5.75 Å². The number of aromatic carboxylic acids is 1. The van der Waals surface area contributed by atoms with Crippen LogP contribution in [0.4, 0.5) is 4.39 Å². The molecule has 20 heavy (non-hydrogen) atoms. The summed E-state index contributed by atoms with van der Waals surface area (Å²) in [5.74, 6) is -2.50. The van der Waals surface area contributed by atoms with Crippen molar-refractivity contribution in [2.45, 2.75) is 30.6 Å². The minimum atomic E-state index is -3.58. The summed E-state index contributed by atoms with van der Waals surface area (Å²) in [6.45, 7) is 3.58. The predicted octanol–water partition coefficient (Wildman–Crippen LogP) is 3.04. The van der Waals surface area contributed by atoms with Gasteiger partial charge in [0.05, 0.1) is 16.2 Å². The van der Waals surface area contributed by atoms with Gasteiger partial charge in [-0.2, -0.15) is 0 Å². The molecule has 1 aromatic carbocycles. The van der Waals surface area contributed by atoms with E-state index in [0.717, 1.165) is 37.5 Å². The second-order valence-electron chi connectivity index (χ2n) is 4.40. The third-order valence-electron chi connectivity index (χ3n) is 2.85. The lowest BCUT2D eigenvalue weighted by molar-refractivity contribution is 0.0691. The first-order valence-corrected chi connectivity index (χ1v) is 7.90. The van der Waals surface area contributed by atoms with Gasteiger partial charge >= 0.3 is 5.97 Å². The van der Waals surface area contributed by atoms with E-state index in [1.165, 1.54) is 0 Å². The maximum absolute atomic E-state index is 13.2. The van der Waals surface area contributed by atoms with Crippen molar-refractivity contribution >= 4 is 15.8 Å². The van der Waals surface area contributed by atoms with Crippen LogP contribution >= 0.6 is 0 Å². The number of hydrogen-bond acceptors (Lipinski definition) is 3. The van der Waals surface area contributed by atoms with E-state index in [9.17, 15) is 17.6 Å². The van der Waals surface area contributed by atoms with E-state index >= 15 is 0 Å². The molecule has 0 fully saturated rings. The molecule has 0 saturated carbocycles. The summed E-state index contributed by atoms with van der Waals surface area (Å²) in [5.41, 5.74) is -0.627. The van der Waals surface area contributed by atoms with Gasteiger partial charge in [0.2, 0.25) is 0 Å². The van der Waals surface area contributed by atoms with Crippen LogP contribution in [-0.4, -0.2) is 25.2 Å². The molecule has 0 aliphatic rings. The molecule has 0 bridgehead atoms. The van der Waals surface area contributed by atoms with Crippen molar-refractivity contribution in [3.05, 3.63) is 42.2 Å². The molecule has 110 valence electrons. The van der Waals surface area contributed by atoms with Crippen LogP contribution in [-0.2, 0) is 9.84 Å². The van der Waals surface area contributed by atoms with Crippen molar-refractivity contribution in [3.63, 3.8) is 0 Å². The number of carbonyl (C=O) groups is 1. The van der Waals surface area contributed by atoms with Gasteiger partial charge in [0.25, 0.3) is 0 Å². The molecule has 6 heteroatoms. The Bertz CT molecular complexity index is 593. The van der Waals surface area contributed by atoms with Crippen LogP contribution in [0, 0.1) is 5.82 Å². The van der Waals surface area contributed by atoms with Crippen LogP contribution < -0.4 is 0 Å². The largest absolute Gasteiger partial charge is 0.478 e. The van der Waals surface area contributed by atoms with Crippen LogP contribution in [0.5, 0.6) is 0 Å². The zero-order chi connectivity index (χ0) is 15.2. The van der Waals surface area contributed by atoms with E-state index in [0.29, 0.717) is 6.42 Å². The third kappa shape index (κ3) is 4.45. The minimum Gasteiger partial charge on any atom is -0.478 e. The first-order chi connectivity index (χ1) is 9.38. The Hall–Kier alpha value is -1.69. The molecule has 1 aromatic rings. The highest BCUT2D eigenvalue weighted by atomic mass is 32.2. The van der Waals surface area contributed by atoms with Crippen molar-refractivity contribution < 1.29 is 22.7 Å². The van der Waals surface area contributed by atoms with Gasteiger partial charge in [0, 0.05) is 0 Å². The van der Waals surface area contributed by atoms with Gasteiger partial charge in [-0.15, -0.1) is 6.58 Å². The fourth-order valence-corrected chi connectivity index (χ4v) is 3.13. The highest BCUT2D eigenvalue weighted by Gasteiger charge is 2.18. The van der Waals surface area contributed by atoms with Gasteiger partial charge in [-0.3, -0.25) is 0 Å². The number of carboxylic acids is 1. The molecule has 1 N–H and O–H groups in total. The number of unbranched alkanes of at least 4 members (excludes halogenated alkanes) is 3. The summed E-state index contributed by atoms with van der Waals surface area (Å²) in [4.78, 5) is 10.6. The SMILES string of the molecule is C=CCCCCCS(=O)(=O)c1ccc(F)c(C(=O)O)c1. The van der Waals surface area contributed by atoms with Gasteiger partial charge in [0.15, 0.2) is 9.84 Å². The van der Waals surface area contributed by atoms with Crippen molar-refractivity contribution in [3.8, 4) is 0 Å². The summed E-state index contributed by atoms with van der Waals surface area (Å²) in [6, 6.07) is 2.84. The van der Waals surface area contributed by atoms with E-state index in [1.807, 2.05) is 0 Å². The van der Waals surface area contributed by atoms with Gasteiger partial charge in [0.1, 0.15) is 5.82 Å². The normalized spacial score (nSPS) is 11.2. The van der Waals surface area contributed by atoms with E-state index in [2.05, 4.69) is 6.58 Å². The Morgan fingerprint density at radius 1 is 1.30 bits per heavy atom. The standard InChI is InChI=1S/C14H17FO4S/c1-2-3-4-5-6-9-20(18,19)11-7-8-13(15)12(10-11)14(16)17/h2,7-8,10H,1,3-6,9H2,(H,16,17). The van der Waals surface area contributed by atoms with E-state index in [-0.39, 0.29) is 10.6 Å². The maximum Gasteiger partial charge on any atom is 0.338 e. The predicted molar refractivity (Wildman–Crippen MR) is 74.1 cm³/mol. The number of carboxylic acid groups (broad SMARTS) is 1. The lowest BCUT2D eigenvalue weighted by Crippen LogP contribution is -2.09. The van der Waals surface area contributed by atoms with Crippen LogP contribution in [0.15, 0.2) is 35.7 Å². The minimum absolute atomic E-state index is 0.0746. The fraction of sp³-hybridized carbons (Fsp3) is 0.357. The molecular weight excluding hydrogens is 283 g/mol. The molecule has 0 amide bonds. The number of allylic oxidation sites excluding steroid dienone is 1. The lowest BCUT2D eigenvalue weighted by atomic mass is 10.2. The van der Waals surface area contributed by atoms with E-state index < -0.39 is 27.2 Å². The number of benzene rings is 1. The zero-order valence-corrected chi connectivity index (χ0v) is 11.8. The summed E-state index contributed by atoms with van der Waals surface area (Å²) < 4.78 is 37.2. The zero-order valence-electron chi connectivity index (χ0n) is 11.0. The second kappa shape index (κ2) is 7.19. The molecule has 0 heterocycles. The van der Waals surface area contributed by atoms with Crippen molar-refractivity contribution in [2.24, 2.45) is 0 Å². The molecule has 0 aliphatic carbocycles. The fourth-order valence-electron chi connectivity index (χ4n) is 1.74. The Morgan fingerprint density at radius 2 is 2.00 bits per heavy atom. The molecule has 0 radical (unpaired) electrons. The Balaban J connectivity index is 2.80. The highest BCUT2D eigenvalue weighted by Crippen LogP contribution is 2.18. The average molecular weight is 300 g/mol. The third-order valence-corrected chi connectivity index (χ3v) is 4.65. The van der Waals surface area contributed by atoms with Gasteiger partial charge < -0.3 is 5.11 Å². The summed E-state index contributed by atoms with van der Waals surface area (Å²) in [6.07, 6.45) is 4.70. The van der Waals surface area contributed by atoms with Gasteiger partial charge in [-0.05, 0) is 37.5 Å². The smallest absolute Gasteiger partial charge is 0.338 e. The maximum atomic E-state index is 13.2. The molecule has 0 atom stereocenters. The number of hydrogen-bond donors (Lipinski definition) is 1. The number of halogens is 1. The summed E-state index contributed by atoms with van der Waals surface area (Å²) >= 11 is 0. The second-order valence-corrected chi connectivity index (χ2v) is 6.51. The Labute approximate surface area is 117 Å². The molecule has 0 saturated heterocycles. The average Bonchev–Trinajstić information content (AvgIpc) is 2.38. The first-order valence-electron chi connectivity index (χ1n) is 6.25. The monoisotopic (exact) mass is 300 g/mol. The quantitative estimate of drug-likeness (QED) is 0.455. The number of rotatable bonds is 8. The summed E-state index contributed by atoms with van der Waals surface area (Å²) in [7, 11) is -3.58. The Kier molecular flexibility index (Phi) is 5.88. The highest BCUT2D eigenvalue weighted by molar-refractivity contribution is 7.91. The molecule has 0 aliphatic heterocycles. The van der Waals surface area contributed by atoms with Crippen molar-refractivity contribution in [1.82, 2.24) is 0 Å². The Morgan fingerprint density at radius 3 is 2.60 bits per heavy atom. The lowest BCUT2D eigenvalue weighted by Gasteiger charge is -2.06. The van der Waals surface area contributed by atoms with Crippen LogP contribution in [0.25, 0.3) is 0 Å². The van der Waals surface area contributed by atoms with Crippen LogP contribution in [0.3, 0.4) is 0 Å². The van der Waals surface area contributed by atoms with Gasteiger partial charge in [-0.25, -0.2) is 17.6 Å². The molecule has 0 unspecified atom stereocenters. The molecule has 0 aromatic heterocycles. The number of sulfone groups is 1. The topological polar surface area (TPSA) is 71.4 Å². The summed E-state index contributed by atoms with van der Waals surface area (Å²) in [5, 5.41) is 8.78. The molecular formula is C14H17FO4S. The molecule has 4 nitrogen and oxygen atoms in total. The molecule has 0 spiro atoms. The van der Waals surface area contributed by atoms with Gasteiger partial charge in [-0.1, -0.05) is 12.5 Å². The van der Waals surface area contributed by atoms with Crippen LogP contribution in [0.1, 0.15) is 36.0 Å². The van der Waals surface area contributed by atoms with E-state index in [1.54, 1.807) is 6.08 Å².